The average molecular weight is 462 g/mol. The largest absolute Gasteiger partial charge is 0.356 e. The molecule has 2 unspecified atom stereocenters. The molecule has 1 aliphatic carbocycles. The molecule has 1 aromatic carbocycles. The molecule has 1 aliphatic rings. The number of guanidine groups is 1. The van der Waals surface area contributed by atoms with Gasteiger partial charge in [0.1, 0.15) is 0 Å². The van der Waals surface area contributed by atoms with E-state index in [2.05, 4.69) is 32.7 Å². The zero-order valence-corrected chi connectivity index (χ0v) is 16.7. The molecule has 2 N–H and O–H groups in total. The van der Waals surface area contributed by atoms with E-state index in [4.69, 9.17) is 16.1 Å². The molecule has 2 aromatic rings. The second-order valence-corrected chi connectivity index (χ2v) is 6.17. The van der Waals surface area contributed by atoms with Crippen molar-refractivity contribution in [3.8, 4) is 11.4 Å². The maximum Gasteiger partial charge on any atom is 0.228 e. The maximum absolute atomic E-state index is 5.88. The first kappa shape index (κ1) is 19.0. The minimum absolute atomic E-state index is 0. The monoisotopic (exact) mass is 461 g/mol. The minimum atomic E-state index is 0. The van der Waals surface area contributed by atoms with Crippen LogP contribution in [-0.4, -0.2) is 35.7 Å². The molecule has 1 heterocycles. The van der Waals surface area contributed by atoms with Crippen molar-refractivity contribution in [3.05, 3.63) is 35.2 Å². The zero-order valence-electron chi connectivity index (χ0n) is 13.6. The average Bonchev–Trinajstić information content (AvgIpc) is 3.05. The van der Waals surface area contributed by atoms with Gasteiger partial charge in [0.2, 0.25) is 11.7 Å². The van der Waals surface area contributed by atoms with Crippen molar-refractivity contribution in [2.24, 2.45) is 10.9 Å². The number of benzene rings is 1. The number of halogens is 2. The van der Waals surface area contributed by atoms with Crippen LogP contribution in [0.15, 0.2) is 33.8 Å². The van der Waals surface area contributed by atoms with Gasteiger partial charge in [-0.15, -0.1) is 24.0 Å². The van der Waals surface area contributed by atoms with Crippen LogP contribution < -0.4 is 10.6 Å². The smallest absolute Gasteiger partial charge is 0.228 e. The Morgan fingerprint density at radius 2 is 2.08 bits per heavy atom. The van der Waals surface area contributed by atoms with Gasteiger partial charge in [0.15, 0.2) is 5.96 Å². The van der Waals surface area contributed by atoms with Crippen molar-refractivity contribution in [2.75, 3.05) is 13.6 Å². The molecule has 0 radical (unpaired) electrons. The summed E-state index contributed by atoms with van der Waals surface area (Å²) in [5, 5.41) is 11.3. The van der Waals surface area contributed by atoms with E-state index in [0.717, 1.165) is 17.4 Å². The molecule has 6 nitrogen and oxygen atoms in total. The highest BCUT2D eigenvalue weighted by molar-refractivity contribution is 14.0. The molecule has 8 heteroatoms. The molecule has 1 saturated carbocycles. The summed E-state index contributed by atoms with van der Waals surface area (Å²) in [4.78, 5) is 8.61. The van der Waals surface area contributed by atoms with Crippen LogP contribution in [0.1, 0.15) is 19.2 Å². The first-order valence-electron chi connectivity index (χ1n) is 7.71. The molecule has 0 bridgehead atoms. The van der Waals surface area contributed by atoms with E-state index in [-0.39, 0.29) is 24.0 Å². The van der Waals surface area contributed by atoms with Crippen LogP contribution in [0.25, 0.3) is 11.4 Å². The Morgan fingerprint density at radius 1 is 1.38 bits per heavy atom. The normalized spacial score (nSPS) is 19.5. The van der Waals surface area contributed by atoms with Crippen molar-refractivity contribution >= 4 is 41.5 Å². The van der Waals surface area contributed by atoms with Crippen LogP contribution in [0.4, 0.5) is 0 Å². The van der Waals surface area contributed by atoms with Gasteiger partial charge in [-0.2, -0.15) is 4.98 Å². The Hall–Kier alpha value is -1.35. The summed E-state index contributed by atoms with van der Waals surface area (Å²) in [6, 6.07) is 7.91. The van der Waals surface area contributed by atoms with Gasteiger partial charge < -0.3 is 15.2 Å². The predicted molar refractivity (Wildman–Crippen MR) is 106 cm³/mol. The number of aromatic nitrogens is 2. The number of nitrogens with one attached hydrogen (secondary N) is 2. The van der Waals surface area contributed by atoms with Gasteiger partial charge in [-0.25, -0.2) is 0 Å². The summed E-state index contributed by atoms with van der Waals surface area (Å²) in [7, 11) is 1.77. The van der Waals surface area contributed by atoms with E-state index in [1.165, 1.54) is 6.42 Å². The fraction of sp³-hybridized carbons (Fsp3) is 0.438. The first-order valence-corrected chi connectivity index (χ1v) is 8.09. The van der Waals surface area contributed by atoms with Gasteiger partial charge in [-0.3, -0.25) is 4.99 Å². The molecule has 0 saturated heterocycles. The lowest BCUT2D eigenvalue weighted by Gasteiger charge is -2.10. The Kier molecular flexibility index (Phi) is 6.85. The van der Waals surface area contributed by atoms with Crippen LogP contribution in [0, 0.1) is 5.92 Å². The lowest BCUT2D eigenvalue weighted by Crippen LogP contribution is -2.39. The standard InChI is InChI=1S/C16H20ClN5O.HI/c1-10-9-13(10)20-16(18-2)19-8-7-14-21-15(22-23-14)11-3-5-12(17)6-4-11;/h3-6,10,13H,7-9H2,1-2H3,(H2,18,19,20);1H. The Bertz CT molecular complexity index is 688. The number of nitrogens with zero attached hydrogens (tertiary/aromatic N) is 3. The third kappa shape index (κ3) is 5.07. The summed E-state index contributed by atoms with van der Waals surface area (Å²) in [6.45, 7) is 2.91. The van der Waals surface area contributed by atoms with Crippen molar-refractivity contribution in [1.82, 2.24) is 20.8 Å². The van der Waals surface area contributed by atoms with Gasteiger partial charge in [-0.05, 0) is 36.6 Å². The Labute approximate surface area is 163 Å². The summed E-state index contributed by atoms with van der Waals surface area (Å²) in [5.74, 6) is 2.71. The van der Waals surface area contributed by atoms with Crippen molar-refractivity contribution in [2.45, 2.75) is 25.8 Å². The third-order valence-corrected chi connectivity index (χ3v) is 4.11. The lowest BCUT2D eigenvalue weighted by atomic mass is 10.2. The summed E-state index contributed by atoms with van der Waals surface area (Å²) >= 11 is 5.88. The van der Waals surface area contributed by atoms with Gasteiger partial charge in [0, 0.05) is 36.6 Å². The minimum Gasteiger partial charge on any atom is -0.356 e. The Balaban J connectivity index is 0.00000208. The van der Waals surface area contributed by atoms with E-state index in [0.29, 0.717) is 35.7 Å². The highest BCUT2D eigenvalue weighted by atomic mass is 127. The van der Waals surface area contributed by atoms with Crippen LogP contribution in [0.5, 0.6) is 0 Å². The van der Waals surface area contributed by atoms with Crippen molar-refractivity contribution < 1.29 is 4.52 Å². The number of hydrogen-bond donors (Lipinski definition) is 2. The van der Waals surface area contributed by atoms with E-state index >= 15 is 0 Å². The van der Waals surface area contributed by atoms with Gasteiger partial charge >= 0.3 is 0 Å². The van der Waals surface area contributed by atoms with Crippen LogP contribution >= 0.6 is 35.6 Å². The van der Waals surface area contributed by atoms with E-state index in [1.54, 1.807) is 7.05 Å². The third-order valence-electron chi connectivity index (χ3n) is 3.86. The second kappa shape index (κ2) is 8.66. The fourth-order valence-corrected chi connectivity index (χ4v) is 2.38. The molecule has 1 fully saturated rings. The quantitative estimate of drug-likeness (QED) is 0.406. The van der Waals surface area contributed by atoms with Crippen molar-refractivity contribution in [3.63, 3.8) is 0 Å². The highest BCUT2D eigenvalue weighted by Gasteiger charge is 2.33. The molecule has 24 heavy (non-hydrogen) atoms. The zero-order chi connectivity index (χ0) is 16.2. The SMILES string of the molecule is CN=C(NCCc1nc(-c2ccc(Cl)cc2)no1)NC1CC1C.I. The van der Waals surface area contributed by atoms with E-state index < -0.39 is 0 Å². The van der Waals surface area contributed by atoms with Crippen LogP contribution in [0.3, 0.4) is 0 Å². The molecule has 3 rings (SSSR count). The van der Waals surface area contributed by atoms with Gasteiger partial charge in [0.05, 0.1) is 0 Å². The van der Waals surface area contributed by atoms with E-state index in [9.17, 15) is 0 Å². The Morgan fingerprint density at radius 3 is 2.71 bits per heavy atom. The molecular weight excluding hydrogens is 441 g/mol. The molecule has 1 aromatic heterocycles. The summed E-state index contributed by atoms with van der Waals surface area (Å²) in [6.07, 6.45) is 1.84. The maximum atomic E-state index is 5.88. The molecule has 130 valence electrons. The van der Waals surface area contributed by atoms with Crippen molar-refractivity contribution in [1.29, 1.82) is 0 Å². The molecular formula is C16H21ClIN5O. The lowest BCUT2D eigenvalue weighted by molar-refractivity contribution is 0.378. The van der Waals surface area contributed by atoms with Crippen LogP contribution in [0.2, 0.25) is 5.02 Å². The molecule has 0 amide bonds. The number of hydrogen-bond acceptors (Lipinski definition) is 4. The number of rotatable bonds is 5. The topological polar surface area (TPSA) is 75.3 Å². The van der Waals surface area contributed by atoms with Gasteiger partial charge in [0.25, 0.3) is 0 Å². The fourth-order valence-electron chi connectivity index (χ4n) is 2.25. The first-order chi connectivity index (χ1) is 11.2. The summed E-state index contributed by atoms with van der Waals surface area (Å²) in [5.41, 5.74) is 0.887. The molecule has 2 atom stereocenters. The number of aliphatic imine (C=N–C) groups is 1. The highest BCUT2D eigenvalue weighted by Crippen LogP contribution is 2.28. The molecule has 0 spiro atoms. The second-order valence-electron chi connectivity index (χ2n) is 5.73. The predicted octanol–water partition coefficient (Wildman–Crippen LogP) is 3.12. The van der Waals surface area contributed by atoms with Crippen LogP contribution in [-0.2, 0) is 6.42 Å². The van der Waals surface area contributed by atoms with E-state index in [1.807, 2.05) is 24.3 Å². The summed E-state index contributed by atoms with van der Waals surface area (Å²) < 4.78 is 5.28. The molecule has 0 aliphatic heterocycles. The van der Waals surface area contributed by atoms with Gasteiger partial charge in [-0.1, -0.05) is 23.7 Å².